The molecule has 0 atom stereocenters. The summed E-state index contributed by atoms with van der Waals surface area (Å²) in [6.07, 6.45) is 0.0631. The summed E-state index contributed by atoms with van der Waals surface area (Å²) in [4.78, 5) is 28.7. The van der Waals surface area contributed by atoms with E-state index >= 15 is 0 Å². The number of fused-ring (bicyclic) bond motifs is 4. The number of benzene rings is 2. The SMILES string of the molecule is Cc1c(=O)ccc2c1oc1c(-c3ccc(OC(C)C)cc3)c3c(=O)[nH]n(C(C)C)c3[nH]c12. The van der Waals surface area contributed by atoms with E-state index in [1.54, 1.807) is 19.1 Å². The Balaban J connectivity index is 1.93. The summed E-state index contributed by atoms with van der Waals surface area (Å²) in [5.41, 5.74) is 4.29. The third kappa shape index (κ3) is 2.96. The Labute approximate surface area is 183 Å². The minimum absolute atomic E-state index is 0.0386. The van der Waals surface area contributed by atoms with Crippen molar-refractivity contribution in [2.24, 2.45) is 0 Å². The van der Waals surface area contributed by atoms with Gasteiger partial charge < -0.3 is 14.1 Å². The van der Waals surface area contributed by atoms with Crippen molar-refractivity contribution in [3.63, 3.8) is 0 Å². The molecular weight excluding hydrogens is 406 g/mol. The van der Waals surface area contributed by atoms with Gasteiger partial charge in [0.05, 0.1) is 17.0 Å². The molecule has 0 bridgehead atoms. The molecule has 0 radical (unpaired) electrons. The van der Waals surface area contributed by atoms with Gasteiger partial charge in [-0.25, -0.2) is 0 Å². The summed E-state index contributed by atoms with van der Waals surface area (Å²) in [7, 11) is 0. The third-order valence-electron chi connectivity index (χ3n) is 5.74. The van der Waals surface area contributed by atoms with Crippen LogP contribution in [0, 0.1) is 6.92 Å². The van der Waals surface area contributed by atoms with E-state index in [2.05, 4.69) is 10.1 Å². The van der Waals surface area contributed by atoms with Crippen LogP contribution in [0.25, 0.3) is 44.2 Å². The molecule has 5 aromatic rings. The highest BCUT2D eigenvalue weighted by molar-refractivity contribution is 6.14. The first kappa shape index (κ1) is 20.2. The molecule has 0 fully saturated rings. The van der Waals surface area contributed by atoms with Crippen LogP contribution in [0.15, 0.2) is 50.4 Å². The first-order valence-electron chi connectivity index (χ1n) is 10.8. The fraction of sp³-hybridized carbons (Fsp3) is 0.280. The van der Waals surface area contributed by atoms with Crippen LogP contribution in [0.1, 0.15) is 39.3 Å². The van der Waals surface area contributed by atoms with Crippen LogP contribution in [0.2, 0.25) is 0 Å². The summed E-state index contributed by atoms with van der Waals surface area (Å²) >= 11 is 0. The van der Waals surface area contributed by atoms with Crippen molar-refractivity contribution in [2.75, 3.05) is 0 Å². The average Bonchev–Trinajstić information content (AvgIpc) is 3.28. The molecule has 0 aliphatic heterocycles. The molecule has 0 amide bonds. The first-order chi connectivity index (χ1) is 15.3. The van der Waals surface area contributed by atoms with Gasteiger partial charge in [-0.05, 0) is 64.4 Å². The molecular formula is C25H25N3O4. The zero-order chi connectivity index (χ0) is 22.7. The molecule has 164 valence electrons. The standard InChI is InChI=1S/C25H25N3O4/c1-12(2)28-24-20(25(30)27-28)19(15-6-8-16(9-7-15)31-13(3)4)23-21(26-24)17-10-11-18(29)14(5)22(17)32-23/h6-13,26H,1-5H3,(H,27,30). The second kappa shape index (κ2) is 7.15. The normalized spacial score (nSPS) is 12.1. The number of rotatable bonds is 4. The minimum atomic E-state index is -0.203. The van der Waals surface area contributed by atoms with E-state index in [-0.39, 0.29) is 23.1 Å². The summed E-state index contributed by atoms with van der Waals surface area (Å²) in [5, 5.41) is 4.27. The second-order valence-corrected chi connectivity index (χ2v) is 8.69. The number of ether oxygens (including phenoxy) is 1. The van der Waals surface area contributed by atoms with Crippen LogP contribution in [-0.2, 0) is 0 Å². The van der Waals surface area contributed by atoms with Gasteiger partial charge in [0.15, 0.2) is 11.0 Å². The lowest BCUT2D eigenvalue weighted by Crippen LogP contribution is -2.07. The van der Waals surface area contributed by atoms with E-state index in [0.717, 1.165) is 22.2 Å². The number of hydrogen-bond donors (Lipinski definition) is 2. The average molecular weight is 431 g/mol. The molecule has 5 rings (SSSR count). The Morgan fingerprint density at radius 1 is 0.969 bits per heavy atom. The quantitative estimate of drug-likeness (QED) is 0.406. The maximum atomic E-state index is 13.1. The highest BCUT2D eigenvalue weighted by atomic mass is 16.5. The maximum Gasteiger partial charge on any atom is 0.274 e. The first-order valence-corrected chi connectivity index (χ1v) is 10.8. The summed E-state index contributed by atoms with van der Waals surface area (Å²) in [6.45, 7) is 9.72. The van der Waals surface area contributed by atoms with Crippen molar-refractivity contribution in [1.29, 1.82) is 0 Å². The van der Waals surface area contributed by atoms with Crippen molar-refractivity contribution in [3.8, 4) is 16.9 Å². The van der Waals surface area contributed by atoms with Crippen LogP contribution in [0.5, 0.6) is 5.75 Å². The molecule has 3 heterocycles. The molecule has 0 saturated carbocycles. The molecule has 3 aromatic heterocycles. The van der Waals surface area contributed by atoms with Crippen molar-refractivity contribution in [1.82, 2.24) is 14.8 Å². The van der Waals surface area contributed by atoms with Gasteiger partial charge in [0.1, 0.15) is 17.0 Å². The van der Waals surface area contributed by atoms with Crippen LogP contribution in [-0.4, -0.2) is 20.9 Å². The van der Waals surface area contributed by atoms with Gasteiger partial charge in [-0.1, -0.05) is 12.1 Å². The molecule has 2 aromatic carbocycles. The fourth-order valence-electron chi connectivity index (χ4n) is 4.25. The lowest BCUT2D eigenvalue weighted by Gasteiger charge is -2.12. The van der Waals surface area contributed by atoms with Crippen LogP contribution in [0.3, 0.4) is 0 Å². The van der Waals surface area contributed by atoms with Crippen molar-refractivity contribution < 1.29 is 9.15 Å². The number of aromatic nitrogens is 3. The maximum absolute atomic E-state index is 13.1. The van der Waals surface area contributed by atoms with Crippen LogP contribution < -0.4 is 15.7 Å². The number of aryl methyl sites for hydroxylation is 1. The molecule has 0 spiro atoms. The monoisotopic (exact) mass is 431 g/mol. The lowest BCUT2D eigenvalue weighted by molar-refractivity contribution is 0.242. The number of hydrogen-bond acceptors (Lipinski definition) is 4. The van der Waals surface area contributed by atoms with Gasteiger partial charge in [-0.15, -0.1) is 0 Å². The van der Waals surface area contributed by atoms with Gasteiger partial charge in [0.25, 0.3) is 5.56 Å². The topological polar surface area (TPSA) is 93.0 Å². The largest absolute Gasteiger partial charge is 0.491 e. The third-order valence-corrected chi connectivity index (χ3v) is 5.74. The van der Waals surface area contributed by atoms with E-state index in [1.165, 1.54) is 0 Å². The van der Waals surface area contributed by atoms with Gasteiger partial charge in [-0.2, -0.15) is 0 Å². The second-order valence-electron chi connectivity index (χ2n) is 8.69. The molecule has 32 heavy (non-hydrogen) atoms. The van der Waals surface area contributed by atoms with E-state index in [1.807, 2.05) is 56.6 Å². The Hall–Kier alpha value is -3.74. The predicted octanol–water partition coefficient (Wildman–Crippen LogP) is 5.26. The zero-order valence-corrected chi connectivity index (χ0v) is 18.7. The van der Waals surface area contributed by atoms with Gasteiger partial charge in [0.2, 0.25) is 0 Å². The molecule has 0 unspecified atom stereocenters. The molecule has 2 N–H and O–H groups in total. The van der Waals surface area contributed by atoms with E-state index in [4.69, 9.17) is 9.15 Å². The molecule has 7 heteroatoms. The van der Waals surface area contributed by atoms with Crippen LogP contribution in [0.4, 0.5) is 0 Å². The number of furan rings is 1. The Bertz CT molecular complexity index is 1590. The minimum Gasteiger partial charge on any atom is -0.491 e. The highest BCUT2D eigenvalue weighted by Crippen LogP contribution is 2.39. The number of H-pyrrole nitrogens is 2. The number of aromatic amines is 2. The molecule has 7 nitrogen and oxygen atoms in total. The van der Waals surface area contributed by atoms with E-state index in [0.29, 0.717) is 33.3 Å². The summed E-state index contributed by atoms with van der Waals surface area (Å²) < 4.78 is 13.9. The molecule has 0 aliphatic rings. The van der Waals surface area contributed by atoms with E-state index in [9.17, 15) is 9.59 Å². The number of nitrogens with one attached hydrogen (secondary N) is 2. The highest BCUT2D eigenvalue weighted by Gasteiger charge is 2.23. The van der Waals surface area contributed by atoms with Crippen molar-refractivity contribution >= 4 is 33.1 Å². The fourth-order valence-corrected chi connectivity index (χ4v) is 4.25. The van der Waals surface area contributed by atoms with Gasteiger partial charge in [0, 0.05) is 22.6 Å². The number of pyridine rings is 1. The zero-order valence-electron chi connectivity index (χ0n) is 18.7. The Morgan fingerprint density at radius 2 is 1.69 bits per heavy atom. The molecule has 0 aliphatic carbocycles. The summed E-state index contributed by atoms with van der Waals surface area (Å²) in [6, 6.07) is 11.0. The Morgan fingerprint density at radius 3 is 2.34 bits per heavy atom. The smallest absolute Gasteiger partial charge is 0.274 e. The molecule has 0 saturated heterocycles. The lowest BCUT2D eigenvalue weighted by atomic mass is 10.0. The van der Waals surface area contributed by atoms with Crippen LogP contribution >= 0.6 is 0 Å². The summed E-state index contributed by atoms with van der Waals surface area (Å²) in [5.74, 6) is 0.754. The van der Waals surface area contributed by atoms with Crippen molar-refractivity contribution in [3.05, 3.63) is 62.5 Å². The van der Waals surface area contributed by atoms with Crippen molar-refractivity contribution in [2.45, 2.75) is 46.8 Å². The van der Waals surface area contributed by atoms with Gasteiger partial charge in [-0.3, -0.25) is 19.4 Å². The predicted molar refractivity (Wildman–Crippen MR) is 127 cm³/mol. The van der Waals surface area contributed by atoms with Gasteiger partial charge >= 0.3 is 0 Å². The van der Waals surface area contributed by atoms with E-state index < -0.39 is 0 Å². The Kier molecular flexibility index (Phi) is 4.51. The number of nitrogens with zero attached hydrogens (tertiary/aromatic N) is 1.